The van der Waals surface area contributed by atoms with Gasteiger partial charge in [0, 0.05) is 11.6 Å². The number of benzene rings is 1. The number of hydrogen-bond acceptors (Lipinski definition) is 5. The Morgan fingerprint density at radius 1 is 1.35 bits per heavy atom. The highest BCUT2D eigenvalue weighted by Crippen LogP contribution is 2.15. The van der Waals surface area contributed by atoms with Gasteiger partial charge in [0.2, 0.25) is 0 Å². The Balaban J connectivity index is 2.05. The van der Waals surface area contributed by atoms with E-state index in [1.54, 1.807) is 6.07 Å². The molecule has 0 spiro atoms. The molecule has 0 radical (unpaired) electrons. The number of aliphatic hydroxyl groups is 1. The average molecular weight is 318 g/mol. The summed E-state index contributed by atoms with van der Waals surface area (Å²) in [6.45, 7) is 3.33. The van der Waals surface area contributed by atoms with Crippen LogP contribution in [0.25, 0.3) is 0 Å². The summed E-state index contributed by atoms with van der Waals surface area (Å²) in [5, 5.41) is 20.9. The number of aliphatic hydroxyl groups excluding tert-OH is 1. The summed E-state index contributed by atoms with van der Waals surface area (Å²) < 4.78 is 6.58. The van der Waals surface area contributed by atoms with E-state index in [1.165, 1.54) is 13.0 Å². The molecule has 1 N–H and O–H groups in total. The zero-order valence-corrected chi connectivity index (χ0v) is 12.9. The molecule has 0 saturated heterocycles. The molecule has 7 heteroatoms. The second-order valence-electron chi connectivity index (χ2n) is 5.37. The van der Waals surface area contributed by atoms with Crippen LogP contribution in [-0.4, -0.2) is 27.3 Å². The maximum Gasteiger partial charge on any atom is 0.288 e. The van der Waals surface area contributed by atoms with Crippen LogP contribution in [0.4, 0.5) is 5.69 Å². The average Bonchev–Trinajstić information content (AvgIpc) is 2.47. The van der Waals surface area contributed by atoms with Crippen molar-refractivity contribution in [3.8, 4) is 5.75 Å². The molecular formula is C16H18N2O5. The minimum Gasteiger partial charge on any atom is -0.491 e. The lowest BCUT2D eigenvalue weighted by Gasteiger charge is -2.14. The van der Waals surface area contributed by atoms with Crippen molar-refractivity contribution in [2.75, 3.05) is 6.61 Å². The van der Waals surface area contributed by atoms with Crippen LogP contribution < -0.4 is 10.3 Å². The summed E-state index contributed by atoms with van der Waals surface area (Å²) in [7, 11) is 0. The predicted molar refractivity (Wildman–Crippen MR) is 84.8 cm³/mol. The fraction of sp³-hybridized carbons (Fsp3) is 0.312. The Hall–Kier alpha value is -2.67. The molecule has 0 saturated carbocycles. The van der Waals surface area contributed by atoms with E-state index in [0.717, 1.165) is 16.3 Å². The fourth-order valence-electron chi connectivity index (χ4n) is 2.17. The molecule has 0 aliphatic carbocycles. The number of aryl methyl sites for hydroxylation is 2. The van der Waals surface area contributed by atoms with Gasteiger partial charge in [-0.2, -0.15) is 0 Å². The maximum atomic E-state index is 11.9. The van der Waals surface area contributed by atoms with E-state index in [4.69, 9.17) is 4.74 Å². The lowest BCUT2D eigenvalue weighted by molar-refractivity contribution is -0.386. The van der Waals surface area contributed by atoms with Crippen LogP contribution in [0.15, 0.2) is 41.3 Å². The zero-order chi connectivity index (χ0) is 17.0. The summed E-state index contributed by atoms with van der Waals surface area (Å²) >= 11 is 0. The van der Waals surface area contributed by atoms with E-state index in [2.05, 4.69) is 0 Å². The summed E-state index contributed by atoms with van der Waals surface area (Å²) in [6.07, 6.45) is 0.184. The van der Waals surface area contributed by atoms with E-state index in [-0.39, 0.29) is 18.8 Å². The molecule has 1 heterocycles. The molecule has 0 aliphatic heterocycles. The molecule has 0 amide bonds. The molecule has 122 valence electrons. The van der Waals surface area contributed by atoms with Crippen LogP contribution in [0.2, 0.25) is 0 Å². The highest BCUT2D eigenvalue weighted by Gasteiger charge is 2.15. The van der Waals surface area contributed by atoms with Crippen molar-refractivity contribution in [2.45, 2.75) is 26.5 Å². The number of hydrogen-bond donors (Lipinski definition) is 1. The second kappa shape index (κ2) is 7.06. The molecule has 1 aromatic carbocycles. The summed E-state index contributed by atoms with van der Waals surface area (Å²) in [5.74, 6) is 0.617. The quantitative estimate of drug-likeness (QED) is 0.647. The summed E-state index contributed by atoms with van der Waals surface area (Å²) in [5.41, 5.74) is 0.767. The molecule has 2 rings (SSSR count). The number of nitro groups is 1. The van der Waals surface area contributed by atoms with Crippen LogP contribution in [0, 0.1) is 24.0 Å². The second-order valence-corrected chi connectivity index (χ2v) is 5.37. The number of rotatable bonds is 6. The first-order valence-corrected chi connectivity index (χ1v) is 7.10. The first-order valence-electron chi connectivity index (χ1n) is 7.10. The number of ether oxygens (including phenoxy) is 1. The van der Waals surface area contributed by atoms with Gasteiger partial charge in [0.05, 0.1) is 17.7 Å². The molecule has 23 heavy (non-hydrogen) atoms. The van der Waals surface area contributed by atoms with E-state index in [0.29, 0.717) is 11.3 Å². The van der Waals surface area contributed by atoms with Crippen LogP contribution in [0.1, 0.15) is 11.1 Å². The van der Waals surface area contributed by atoms with Gasteiger partial charge in [0.25, 0.3) is 11.2 Å². The number of pyridine rings is 1. The maximum absolute atomic E-state index is 11.9. The van der Waals surface area contributed by atoms with Crippen LogP contribution >= 0.6 is 0 Å². The Kier molecular flexibility index (Phi) is 5.13. The molecule has 0 bridgehead atoms. The van der Waals surface area contributed by atoms with Crippen LogP contribution in [0.5, 0.6) is 5.75 Å². The molecule has 1 unspecified atom stereocenters. The normalized spacial score (nSPS) is 12.0. The van der Waals surface area contributed by atoms with Gasteiger partial charge in [-0.25, -0.2) is 0 Å². The van der Waals surface area contributed by atoms with Crippen molar-refractivity contribution in [3.63, 3.8) is 0 Å². The van der Waals surface area contributed by atoms with Crippen molar-refractivity contribution < 1.29 is 14.8 Å². The van der Waals surface area contributed by atoms with E-state index in [9.17, 15) is 20.0 Å². The van der Waals surface area contributed by atoms with Gasteiger partial charge >= 0.3 is 0 Å². The lowest BCUT2D eigenvalue weighted by atomic mass is 10.2. The topological polar surface area (TPSA) is 94.6 Å². The molecule has 7 nitrogen and oxygen atoms in total. The van der Waals surface area contributed by atoms with Crippen LogP contribution in [-0.2, 0) is 6.54 Å². The van der Waals surface area contributed by atoms with E-state index in [1.807, 2.05) is 25.1 Å². The Morgan fingerprint density at radius 2 is 2.09 bits per heavy atom. The number of nitrogens with zero attached hydrogens (tertiary/aromatic N) is 2. The SMILES string of the molecule is Cc1cccc(OCC(O)Cn2cc([N+](=O)[O-])c(C)cc2=O)c1. The largest absolute Gasteiger partial charge is 0.491 e. The summed E-state index contributed by atoms with van der Waals surface area (Å²) in [6, 6.07) is 8.55. The molecule has 1 aromatic heterocycles. The predicted octanol–water partition coefficient (Wildman–Crippen LogP) is 1.81. The highest BCUT2D eigenvalue weighted by atomic mass is 16.6. The van der Waals surface area contributed by atoms with Gasteiger partial charge in [0.1, 0.15) is 18.5 Å². The van der Waals surface area contributed by atoms with E-state index < -0.39 is 16.6 Å². The van der Waals surface area contributed by atoms with Crippen molar-refractivity contribution in [1.82, 2.24) is 4.57 Å². The van der Waals surface area contributed by atoms with Gasteiger partial charge < -0.3 is 14.4 Å². The smallest absolute Gasteiger partial charge is 0.288 e. The minimum absolute atomic E-state index is 0.0163. The highest BCUT2D eigenvalue weighted by molar-refractivity contribution is 5.35. The Morgan fingerprint density at radius 3 is 2.74 bits per heavy atom. The van der Waals surface area contributed by atoms with Crippen LogP contribution in [0.3, 0.4) is 0 Å². The van der Waals surface area contributed by atoms with Gasteiger partial charge in [-0.05, 0) is 31.5 Å². The minimum atomic E-state index is -0.962. The van der Waals surface area contributed by atoms with Gasteiger partial charge in [0.15, 0.2) is 0 Å². The van der Waals surface area contributed by atoms with Crippen molar-refractivity contribution in [1.29, 1.82) is 0 Å². The van der Waals surface area contributed by atoms with Crippen molar-refractivity contribution in [2.24, 2.45) is 0 Å². The van der Waals surface area contributed by atoms with Gasteiger partial charge in [-0.3, -0.25) is 14.9 Å². The fourth-order valence-corrected chi connectivity index (χ4v) is 2.17. The molecule has 0 aliphatic rings. The Labute approximate surface area is 132 Å². The van der Waals surface area contributed by atoms with Crippen molar-refractivity contribution in [3.05, 3.63) is 68.1 Å². The number of aromatic nitrogens is 1. The monoisotopic (exact) mass is 318 g/mol. The molecule has 1 atom stereocenters. The first kappa shape index (κ1) is 16.7. The van der Waals surface area contributed by atoms with Gasteiger partial charge in [-0.1, -0.05) is 12.1 Å². The van der Waals surface area contributed by atoms with Crippen molar-refractivity contribution >= 4 is 5.69 Å². The molecule has 2 aromatic rings. The van der Waals surface area contributed by atoms with E-state index >= 15 is 0 Å². The standard InChI is InChI=1S/C16H18N2O5/c1-11-4-3-5-14(6-11)23-10-13(19)8-17-9-15(18(21)22)12(2)7-16(17)20/h3-7,9,13,19H,8,10H2,1-2H3. The summed E-state index contributed by atoms with van der Waals surface area (Å²) in [4.78, 5) is 22.2. The third-order valence-electron chi connectivity index (χ3n) is 3.34. The molecular weight excluding hydrogens is 300 g/mol. The van der Waals surface area contributed by atoms with Gasteiger partial charge in [-0.15, -0.1) is 0 Å². The molecule has 0 fully saturated rings. The third-order valence-corrected chi connectivity index (χ3v) is 3.34. The lowest BCUT2D eigenvalue weighted by Crippen LogP contribution is -2.30. The Bertz CT molecular complexity index is 769. The first-order chi connectivity index (χ1) is 10.9. The zero-order valence-electron chi connectivity index (χ0n) is 12.9. The third kappa shape index (κ3) is 4.40.